The quantitative estimate of drug-likeness (QED) is 0.620. The van der Waals surface area contributed by atoms with Crippen LogP contribution in [0.25, 0.3) is 22.4 Å². The summed E-state index contributed by atoms with van der Waals surface area (Å²) in [5.41, 5.74) is 11.4. The zero-order valence-corrected chi connectivity index (χ0v) is 10.8. The zero-order valence-electron chi connectivity index (χ0n) is 10.8. The molecule has 0 bridgehead atoms. The maximum absolute atomic E-state index is 5.85. The average Bonchev–Trinajstić information content (AvgIpc) is 2.77. The number of hydrogen-bond donors (Lipinski definition) is 1. The van der Waals surface area contributed by atoms with Crippen molar-refractivity contribution in [2.75, 3.05) is 5.73 Å². The number of fused-ring (bicyclic) bond motifs is 5. The van der Waals surface area contributed by atoms with Crippen molar-refractivity contribution in [1.29, 1.82) is 0 Å². The molecule has 1 unspecified atom stereocenters. The van der Waals surface area contributed by atoms with Gasteiger partial charge in [0.1, 0.15) is 5.82 Å². The first-order valence-corrected chi connectivity index (χ1v) is 6.59. The molecule has 1 aliphatic heterocycles. The molecule has 1 atom stereocenters. The van der Waals surface area contributed by atoms with Gasteiger partial charge in [-0.3, -0.25) is 0 Å². The van der Waals surface area contributed by atoms with E-state index in [2.05, 4.69) is 41.8 Å². The van der Waals surface area contributed by atoms with Gasteiger partial charge in [0.2, 0.25) is 0 Å². The van der Waals surface area contributed by atoms with Crippen molar-refractivity contribution in [3.8, 4) is 11.4 Å². The minimum absolute atomic E-state index is 0.513. The van der Waals surface area contributed by atoms with Gasteiger partial charge in [0, 0.05) is 17.8 Å². The van der Waals surface area contributed by atoms with Gasteiger partial charge in [-0.1, -0.05) is 31.2 Å². The Morgan fingerprint density at radius 1 is 1.21 bits per heavy atom. The molecule has 3 aromatic rings. The van der Waals surface area contributed by atoms with Crippen LogP contribution in [0.4, 0.5) is 5.69 Å². The van der Waals surface area contributed by atoms with E-state index in [-0.39, 0.29) is 0 Å². The van der Waals surface area contributed by atoms with Crippen LogP contribution in [-0.4, -0.2) is 9.55 Å². The molecule has 0 saturated heterocycles. The molecule has 0 radical (unpaired) electrons. The molecular weight excluding hydrogens is 234 g/mol. The molecule has 2 N–H and O–H groups in total. The third-order valence-corrected chi connectivity index (χ3v) is 3.96. The van der Waals surface area contributed by atoms with Crippen molar-refractivity contribution in [2.24, 2.45) is 0 Å². The lowest BCUT2D eigenvalue weighted by Gasteiger charge is -2.24. The van der Waals surface area contributed by atoms with Gasteiger partial charge in [-0.15, -0.1) is 0 Å². The fraction of sp³-hybridized carbons (Fsp3) is 0.188. The first-order valence-electron chi connectivity index (χ1n) is 6.59. The molecule has 1 aromatic heterocycles. The Labute approximate surface area is 111 Å². The van der Waals surface area contributed by atoms with Crippen LogP contribution in [0.1, 0.15) is 18.4 Å². The standard InChI is InChI=1S/C16H15N3/c1-10-9-19-15-7-6-11(17)8-14(15)18-16(19)13-5-3-2-4-12(10)13/h2-8,10H,9,17H2,1H3. The number of rotatable bonds is 0. The van der Waals surface area contributed by atoms with Gasteiger partial charge in [-0.25, -0.2) is 4.98 Å². The molecule has 94 valence electrons. The molecule has 1 aliphatic rings. The Bertz CT molecular complexity index is 786. The molecule has 0 amide bonds. The third-order valence-electron chi connectivity index (χ3n) is 3.96. The number of nitrogens with zero attached hydrogens (tertiary/aromatic N) is 2. The van der Waals surface area contributed by atoms with E-state index in [0.717, 1.165) is 23.6 Å². The minimum Gasteiger partial charge on any atom is -0.399 e. The molecule has 0 spiro atoms. The van der Waals surface area contributed by atoms with Crippen LogP contribution in [0, 0.1) is 0 Å². The van der Waals surface area contributed by atoms with Gasteiger partial charge in [-0.05, 0) is 29.7 Å². The molecule has 0 saturated carbocycles. The first kappa shape index (κ1) is 10.6. The summed E-state index contributed by atoms with van der Waals surface area (Å²) in [6.45, 7) is 3.25. The SMILES string of the molecule is CC1Cn2c(nc3cc(N)ccc32)-c2ccccc21. The fourth-order valence-corrected chi connectivity index (χ4v) is 3.04. The molecule has 2 aromatic carbocycles. The Morgan fingerprint density at radius 3 is 2.95 bits per heavy atom. The highest BCUT2D eigenvalue weighted by Gasteiger charge is 2.24. The Hall–Kier alpha value is -2.29. The molecule has 3 heteroatoms. The predicted molar refractivity (Wildman–Crippen MR) is 78.0 cm³/mol. The molecular formula is C16H15N3. The first-order chi connectivity index (χ1) is 9.24. The average molecular weight is 249 g/mol. The minimum atomic E-state index is 0.513. The van der Waals surface area contributed by atoms with Crippen molar-refractivity contribution in [3.05, 3.63) is 48.0 Å². The summed E-state index contributed by atoms with van der Waals surface area (Å²) in [6, 6.07) is 14.5. The monoisotopic (exact) mass is 249 g/mol. The number of hydrogen-bond acceptors (Lipinski definition) is 2. The van der Waals surface area contributed by atoms with Crippen molar-refractivity contribution in [2.45, 2.75) is 19.4 Å². The van der Waals surface area contributed by atoms with E-state index in [9.17, 15) is 0 Å². The van der Waals surface area contributed by atoms with E-state index in [1.807, 2.05) is 12.1 Å². The molecule has 3 nitrogen and oxygen atoms in total. The Morgan fingerprint density at radius 2 is 2.05 bits per heavy atom. The molecule has 4 rings (SSSR count). The van der Waals surface area contributed by atoms with E-state index < -0.39 is 0 Å². The normalized spacial score (nSPS) is 17.2. The maximum Gasteiger partial charge on any atom is 0.141 e. The van der Waals surface area contributed by atoms with Gasteiger partial charge >= 0.3 is 0 Å². The fourth-order valence-electron chi connectivity index (χ4n) is 3.04. The number of imidazole rings is 1. The lowest BCUT2D eigenvalue weighted by Crippen LogP contribution is -2.14. The lowest BCUT2D eigenvalue weighted by atomic mass is 9.92. The highest BCUT2D eigenvalue weighted by atomic mass is 15.1. The summed E-state index contributed by atoms with van der Waals surface area (Å²) in [7, 11) is 0. The number of nitrogen functional groups attached to an aromatic ring is 1. The topological polar surface area (TPSA) is 43.8 Å². The van der Waals surface area contributed by atoms with E-state index in [4.69, 9.17) is 10.7 Å². The number of benzene rings is 2. The summed E-state index contributed by atoms with van der Waals surface area (Å²) in [5, 5.41) is 0. The van der Waals surface area contributed by atoms with Gasteiger partial charge in [-0.2, -0.15) is 0 Å². The Balaban J connectivity index is 2.08. The van der Waals surface area contributed by atoms with Crippen LogP contribution in [0.3, 0.4) is 0 Å². The van der Waals surface area contributed by atoms with Gasteiger partial charge < -0.3 is 10.3 Å². The lowest BCUT2D eigenvalue weighted by molar-refractivity contribution is 0.598. The van der Waals surface area contributed by atoms with Crippen LogP contribution >= 0.6 is 0 Å². The Kier molecular flexibility index (Phi) is 2.01. The molecule has 0 aliphatic carbocycles. The second-order valence-electron chi connectivity index (χ2n) is 5.28. The van der Waals surface area contributed by atoms with E-state index >= 15 is 0 Å². The molecule has 19 heavy (non-hydrogen) atoms. The van der Waals surface area contributed by atoms with Gasteiger partial charge in [0.15, 0.2) is 0 Å². The van der Waals surface area contributed by atoms with Gasteiger partial charge in [0.25, 0.3) is 0 Å². The highest BCUT2D eigenvalue weighted by molar-refractivity contribution is 5.84. The number of aromatic nitrogens is 2. The van der Waals surface area contributed by atoms with Crippen LogP contribution in [0.2, 0.25) is 0 Å². The summed E-state index contributed by atoms with van der Waals surface area (Å²) in [4.78, 5) is 4.77. The molecule has 0 fully saturated rings. The van der Waals surface area contributed by atoms with Crippen LogP contribution < -0.4 is 5.73 Å². The zero-order chi connectivity index (χ0) is 13.0. The van der Waals surface area contributed by atoms with Gasteiger partial charge in [0.05, 0.1) is 11.0 Å². The summed E-state index contributed by atoms with van der Waals surface area (Å²) in [6.07, 6.45) is 0. The maximum atomic E-state index is 5.85. The van der Waals surface area contributed by atoms with Crippen molar-refractivity contribution >= 4 is 16.7 Å². The van der Waals surface area contributed by atoms with E-state index in [1.165, 1.54) is 16.6 Å². The number of nitrogens with two attached hydrogens (primary N) is 1. The van der Waals surface area contributed by atoms with Crippen molar-refractivity contribution in [1.82, 2.24) is 9.55 Å². The highest BCUT2D eigenvalue weighted by Crippen LogP contribution is 2.37. The largest absolute Gasteiger partial charge is 0.399 e. The predicted octanol–water partition coefficient (Wildman–Crippen LogP) is 3.40. The number of anilines is 1. The van der Waals surface area contributed by atoms with Crippen LogP contribution in [0.15, 0.2) is 42.5 Å². The second kappa shape index (κ2) is 3.60. The van der Waals surface area contributed by atoms with Crippen molar-refractivity contribution < 1.29 is 0 Å². The summed E-state index contributed by atoms with van der Waals surface area (Å²) < 4.78 is 2.31. The summed E-state index contributed by atoms with van der Waals surface area (Å²) >= 11 is 0. The van der Waals surface area contributed by atoms with E-state index in [1.54, 1.807) is 0 Å². The van der Waals surface area contributed by atoms with Crippen LogP contribution in [-0.2, 0) is 6.54 Å². The van der Waals surface area contributed by atoms with E-state index in [0.29, 0.717) is 5.92 Å². The smallest absolute Gasteiger partial charge is 0.141 e. The molecule has 2 heterocycles. The summed E-state index contributed by atoms with van der Waals surface area (Å²) in [5.74, 6) is 1.58. The second-order valence-corrected chi connectivity index (χ2v) is 5.28. The van der Waals surface area contributed by atoms with Crippen molar-refractivity contribution in [3.63, 3.8) is 0 Å². The third kappa shape index (κ3) is 1.41. The van der Waals surface area contributed by atoms with Crippen LogP contribution in [0.5, 0.6) is 0 Å².